The Balaban J connectivity index is 2.00. The average molecular weight is 348 g/mol. The van der Waals surface area contributed by atoms with Crippen molar-refractivity contribution in [1.82, 2.24) is 0 Å². The number of fused-ring (bicyclic) bond motifs is 1. The first-order valence-corrected chi connectivity index (χ1v) is 7.77. The van der Waals surface area contributed by atoms with Crippen LogP contribution in [0.2, 0.25) is 0 Å². The van der Waals surface area contributed by atoms with Gasteiger partial charge in [0, 0.05) is 12.1 Å². The van der Waals surface area contributed by atoms with Crippen molar-refractivity contribution in [2.24, 2.45) is 0 Å². The fraction of sp³-hybridized carbons (Fsp3) is 0.235. The smallest absolute Gasteiger partial charge is 0.227 e. The Morgan fingerprint density at radius 1 is 1.10 bits per heavy atom. The Labute approximate surface area is 131 Å². The highest BCUT2D eigenvalue weighted by atomic mass is 79.9. The van der Waals surface area contributed by atoms with Gasteiger partial charge in [-0.05, 0) is 52.0 Å². The summed E-state index contributed by atoms with van der Waals surface area (Å²) in [6.45, 7) is 0.383. The Kier molecular flexibility index (Phi) is 4.06. The van der Waals surface area contributed by atoms with Crippen LogP contribution < -0.4 is 4.90 Å². The predicted octanol–water partition coefficient (Wildman–Crippen LogP) is 4.46. The maximum atomic E-state index is 13.7. The minimum absolute atomic E-state index is 0.0936. The summed E-state index contributed by atoms with van der Waals surface area (Å²) in [5, 5.41) is 0. The number of hydrogen-bond acceptors (Lipinski definition) is 1. The van der Waals surface area contributed by atoms with Crippen LogP contribution in [0.3, 0.4) is 0 Å². The van der Waals surface area contributed by atoms with Gasteiger partial charge in [0.15, 0.2) is 0 Å². The lowest BCUT2D eigenvalue weighted by molar-refractivity contribution is -0.118. The Bertz CT molecular complexity index is 686. The number of carbonyl (C=O) groups excluding carboxylic acids is 1. The molecule has 0 fully saturated rings. The molecule has 108 valence electrons. The number of rotatable bonds is 2. The molecule has 1 amide bonds. The van der Waals surface area contributed by atoms with E-state index in [1.807, 2.05) is 24.3 Å². The molecule has 2 aromatic rings. The summed E-state index contributed by atoms with van der Waals surface area (Å²) >= 11 is 3.27. The van der Waals surface area contributed by atoms with Crippen molar-refractivity contribution in [2.45, 2.75) is 25.8 Å². The lowest BCUT2D eigenvalue weighted by atomic mass is 10.1. The molecule has 0 atom stereocenters. The lowest BCUT2D eigenvalue weighted by Crippen LogP contribution is -2.29. The van der Waals surface area contributed by atoms with Crippen LogP contribution in [0.15, 0.2) is 46.9 Å². The molecule has 0 bridgehead atoms. The first-order chi connectivity index (χ1) is 10.2. The summed E-state index contributed by atoms with van der Waals surface area (Å²) in [5.41, 5.74) is 2.90. The summed E-state index contributed by atoms with van der Waals surface area (Å²) in [5.74, 6) is -0.209. The van der Waals surface area contributed by atoms with Crippen LogP contribution in [0.5, 0.6) is 0 Å². The molecule has 0 aliphatic carbocycles. The lowest BCUT2D eigenvalue weighted by Gasteiger charge is -2.23. The van der Waals surface area contributed by atoms with Crippen molar-refractivity contribution in [3.05, 3.63) is 63.9 Å². The minimum Gasteiger partial charge on any atom is -0.308 e. The SMILES string of the molecule is O=C1CCCc2ccccc2N1Cc1cccc(F)c1Br. The van der Waals surface area contributed by atoms with E-state index in [-0.39, 0.29) is 11.7 Å². The van der Waals surface area contributed by atoms with E-state index in [0.29, 0.717) is 17.4 Å². The highest BCUT2D eigenvalue weighted by molar-refractivity contribution is 9.10. The van der Waals surface area contributed by atoms with Crippen LogP contribution in [-0.2, 0) is 17.8 Å². The van der Waals surface area contributed by atoms with E-state index in [2.05, 4.69) is 22.0 Å². The molecule has 0 saturated heterocycles. The Morgan fingerprint density at radius 2 is 1.90 bits per heavy atom. The number of benzene rings is 2. The van der Waals surface area contributed by atoms with Gasteiger partial charge in [-0.15, -0.1) is 0 Å². The molecule has 0 N–H and O–H groups in total. The van der Waals surface area contributed by atoms with Crippen molar-refractivity contribution in [1.29, 1.82) is 0 Å². The second kappa shape index (κ2) is 5.98. The molecule has 0 radical (unpaired) electrons. The minimum atomic E-state index is -0.303. The molecular weight excluding hydrogens is 333 g/mol. The van der Waals surface area contributed by atoms with Gasteiger partial charge in [0.1, 0.15) is 5.82 Å². The van der Waals surface area contributed by atoms with Crippen LogP contribution in [0.4, 0.5) is 10.1 Å². The van der Waals surface area contributed by atoms with Crippen molar-refractivity contribution >= 4 is 27.5 Å². The van der Waals surface area contributed by atoms with E-state index in [1.54, 1.807) is 11.0 Å². The first kappa shape index (κ1) is 14.3. The van der Waals surface area contributed by atoms with Crippen molar-refractivity contribution < 1.29 is 9.18 Å². The summed E-state index contributed by atoms with van der Waals surface area (Å²) < 4.78 is 14.1. The fourth-order valence-electron chi connectivity index (χ4n) is 2.70. The highest BCUT2D eigenvalue weighted by Crippen LogP contribution is 2.30. The van der Waals surface area contributed by atoms with Gasteiger partial charge in [-0.3, -0.25) is 4.79 Å². The van der Waals surface area contributed by atoms with Crippen LogP contribution in [0.1, 0.15) is 24.0 Å². The zero-order chi connectivity index (χ0) is 14.8. The van der Waals surface area contributed by atoms with Crippen LogP contribution in [0.25, 0.3) is 0 Å². The van der Waals surface area contributed by atoms with Gasteiger partial charge >= 0.3 is 0 Å². The Morgan fingerprint density at radius 3 is 2.76 bits per heavy atom. The quantitative estimate of drug-likeness (QED) is 0.785. The second-order valence-electron chi connectivity index (χ2n) is 5.18. The van der Waals surface area contributed by atoms with Crippen LogP contribution >= 0.6 is 15.9 Å². The van der Waals surface area contributed by atoms with E-state index < -0.39 is 0 Å². The normalized spacial score (nSPS) is 14.8. The van der Waals surface area contributed by atoms with E-state index >= 15 is 0 Å². The molecule has 2 nitrogen and oxygen atoms in total. The van der Waals surface area contributed by atoms with E-state index in [9.17, 15) is 9.18 Å². The maximum absolute atomic E-state index is 13.7. The number of aryl methyl sites for hydroxylation is 1. The molecule has 0 unspecified atom stereocenters. The molecule has 0 saturated carbocycles. The third kappa shape index (κ3) is 2.86. The van der Waals surface area contributed by atoms with Crippen molar-refractivity contribution in [2.75, 3.05) is 4.90 Å². The van der Waals surface area contributed by atoms with Crippen LogP contribution in [0, 0.1) is 5.82 Å². The number of nitrogens with zero attached hydrogens (tertiary/aromatic N) is 1. The average Bonchev–Trinajstić information content (AvgIpc) is 2.64. The van der Waals surface area contributed by atoms with E-state index in [4.69, 9.17) is 0 Å². The number of amides is 1. The number of para-hydroxylation sites is 1. The number of halogens is 2. The van der Waals surface area contributed by atoms with Crippen molar-refractivity contribution in [3.8, 4) is 0 Å². The van der Waals surface area contributed by atoms with Crippen LogP contribution in [-0.4, -0.2) is 5.91 Å². The monoisotopic (exact) mass is 347 g/mol. The van der Waals surface area contributed by atoms with Gasteiger partial charge in [-0.25, -0.2) is 4.39 Å². The molecule has 21 heavy (non-hydrogen) atoms. The zero-order valence-corrected chi connectivity index (χ0v) is 13.1. The molecule has 0 spiro atoms. The third-order valence-corrected chi connectivity index (χ3v) is 4.67. The van der Waals surface area contributed by atoms with E-state index in [0.717, 1.165) is 24.1 Å². The van der Waals surface area contributed by atoms with Gasteiger partial charge in [0.2, 0.25) is 5.91 Å². The summed E-state index contributed by atoms with van der Waals surface area (Å²) in [7, 11) is 0. The molecule has 0 aromatic heterocycles. The summed E-state index contributed by atoms with van der Waals surface area (Å²) in [6.07, 6.45) is 2.29. The second-order valence-corrected chi connectivity index (χ2v) is 5.97. The Hall–Kier alpha value is -1.68. The highest BCUT2D eigenvalue weighted by Gasteiger charge is 2.23. The summed E-state index contributed by atoms with van der Waals surface area (Å²) in [6, 6.07) is 12.9. The van der Waals surface area contributed by atoms with E-state index in [1.165, 1.54) is 11.6 Å². The molecule has 2 aromatic carbocycles. The number of carbonyl (C=O) groups is 1. The number of hydrogen-bond donors (Lipinski definition) is 0. The van der Waals surface area contributed by atoms with Gasteiger partial charge < -0.3 is 4.90 Å². The third-order valence-electron chi connectivity index (χ3n) is 3.78. The largest absolute Gasteiger partial charge is 0.308 e. The molecule has 1 aliphatic rings. The fourth-order valence-corrected chi connectivity index (χ4v) is 3.09. The number of anilines is 1. The summed E-state index contributed by atoms with van der Waals surface area (Å²) in [4.78, 5) is 14.2. The topological polar surface area (TPSA) is 20.3 Å². The van der Waals surface area contributed by atoms with Gasteiger partial charge in [0.25, 0.3) is 0 Å². The maximum Gasteiger partial charge on any atom is 0.227 e. The first-order valence-electron chi connectivity index (χ1n) is 6.98. The molecule has 4 heteroatoms. The van der Waals surface area contributed by atoms with Gasteiger partial charge in [-0.2, -0.15) is 0 Å². The predicted molar refractivity (Wildman–Crippen MR) is 84.7 cm³/mol. The zero-order valence-electron chi connectivity index (χ0n) is 11.5. The molecule has 1 heterocycles. The molecule has 1 aliphatic heterocycles. The molecular formula is C17H15BrFNO. The van der Waals surface area contributed by atoms with Gasteiger partial charge in [-0.1, -0.05) is 30.3 Å². The van der Waals surface area contributed by atoms with Crippen molar-refractivity contribution in [3.63, 3.8) is 0 Å². The standard InChI is InChI=1S/C17H15BrFNO/c18-17-13(7-3-8-14(17)19)11-20-15-9-2-1-5-12(15)6-4-10-16(20)21/h1-3,5,7-9H,4,6,10-11H2. The van der Waals surface area contributed by atoms with Gasteiger partial charge in [0.05, 0.1) is 11.0 Å². The molecule has 3 rings (SSSR count).